The maximum atomic E-state index is 13.0. The van der Waals surface area contributed by atoms with E-state index in [1.54, 1.807) is 0 Å². The van der Waals surface area contributed by atoms with Gasteiger partial charge in [-0.2, -0.15) is 0 Å². The molecule has 0 radical (unpaired) electrons. The summed E-state index contributed by atoms with van der Waals surface area (Å²) in [6.45, 7) is 4.59. The van der Waals surface area contributed by atoms with Gasteiger partial charge in [0.05, 0.1) is 19.8 Å². The van der Waals surface area contributed by atoms with Crippen LogP contribution in [-0.4, -0.2) is 66.5 Å². The molecule has 0 aliphatic rings. The Bertz CT molecular complexity index is 1620. The molecule has 0 rings (SSSR count). The monoisotopic (exact) mass is 1140 g/mol. The Balaban J connectivity index is 4.71. The van der Waals surface area contributed by atoms with Gasteiger partial charge in [-0.05, 0) is 116 Å². The number of phosphoric ester groups is 1. The summed E-state index contributed by atoms with van der Waals surface area (Å²) in [6, 6.07) is 0. The molecule has 0 saturated heterocycles. The van der Waals surface area contributed by atoms with Gasteiger partial charge in [0.15, 0.2) is 6.10 Å². The third-order valence-electron chi connectivity index (χ3n) is 14.1. The number of hydrogen-bond donors (Lipinski definition) is 2. The van der Waals surface area contributed by atoms with Gasteiger partial charge in [-0.15, -0.1) is 0 Å². The summed E-state index contributed by atoms with van der Waals surface area (Å²) in [5, 5.41) is 9.86. The van der Waals surface area contributed by atoms with E-state index in [0.29, 0.717) is 19.3 Å². The van der Waals surface area contributed by atoms with Crippen LogP contribution in [0.3, 0.4) is 0 Å². The summed E-state index contributed by atoms with van der Waals surface area (Å²) in [5.41, 5.74) is 0. The summed E-state index contributed by atoms with van der Waals surface area (Å²) in [4.78, 5) is 48.8. The van der Waals surface area contributed by atoms with Crippen LogP contribution in [0.25, 0.3) is 0 Å². The molecule has 2 N–H and O–H groups in total. The van der Waals surface area contributed by atoms with E-state index in [-0.39, 0.29) is 25.9 Å². The van der Waals surface area contributed by atoms with E-state index >= 15 is 0 Å². The van der Waals surface area contributed by atoms with Gasteiger partial charge in [0, 0.05) is 19.3 Å². The first-order valence-corrected chi connectivity index (χ1v) is 34.3. The molecular weight excluding hydrogens is 1020 g/mol. The molecule has 0 amide bonds. The first kappa shape index (κ1) is 76.9. The number of unbranched alkanes of at least 4 members (excludes halogenated alkanes) is 32. The topological polar surface area (TPSA) is 155 Å². The summed E-state index contributed by atoms with van der Waals surface area (Å²) < 4.78 is 39.7. The van der Waals surface area contributed by atoms with E-state index in [0.717, 1.165) is 103 Å². The number of carbonyl (C=O) groups excluding carboxylic acids is 3. The molecule has 0 aliphatic heterocycles. The molecule has 0 saturated carbocycles. The standard InChI is InChI=1S/C68H121O11P/c1-4-7-10-13-16-19-22-25-28-31-32-35-38-41-44-47-50-53-56-59-68(72)79-65(61-75-66(70)57-54-51-48-45-42-39-36-33-29-26-23-20-17-14-11-8-5-2)63-77-80(73,74)76-62-64(60-69)78-67(71)58-55-52-49-46-43-40-37-34-30-27-24-21-18-15-12-9-6-3/h16-21,25-30,64-65,69H,4-15,22-24,31-63H2,1-3H3,(H,73,74)/b19-16-,20-17-,21-18-,28-25-,29-26-,30-27-. The van der Waals surface area contributed by atoms with Crippen molar-refractivity contribution in [1.82, 2.24) is 0 Å². The number of aliphatic hydroxyl groups is 1. The van der Waals surface area contributed by atoms with E-state index in [1.807, 2.05) is 0 Å². The second-order valence-corrected chi connectivity index (χ2v) is 23.4. The molecule has 0 aromatic heterocycles. The quantitative estimate of drug-likeness (QED) is 0.0197. The molecule has 80 heavy (non-hydrogen) atoms. The second kappa shape index (κ2) is 62.0. The van der Waals surface area contributed by atoms with Gasteiger partial charge in [0.2, 0.25) is 0 Å². The number of ether oxygens (including phenoxy) is 3. The highest BCUT2D eigenvalue weighted by Crippen LogP contribution is 2.43. The molecule has 12 heteroatoms. The number of phosphoric acid groups is 1. The number of esters is 3. The highest BCUT2D eigenvalue weighted by Gasteiger charge is 2.28. The van der Waals surface area contributed by atoms with Crippen LogP contribution >= 0.6 is 7.82 Å². The highest BCUT2D eigenvalue weighted by atomic mass is 31.2. The van der Waals surface area contributed by atoms with E-state index in [9.17, 15) is 28.9 Å². The summed E-state index contributed by atoms with van der Waals surface area (Å²) in [7, 11) is -4.76. The molecule has 0 fully saturated rings. The van der Waals surface area contributed by atoms with Crippen molar-refractivity contribution >= 4 is 25.7 Å². The zero-order chi connectivity index (χ0) is 58.3. The van der Waals surface area contributed by atoms with Gasteiger partial charge < -0.3 is 24.2 Å². The number of allylic oxidation sites excluding steroid dienone is 12. The Labute approximate surface area is 490 Å². The van der Waals surface area contributed by atoms with Crippen LogP contribution in [0.5, 0.6) is 0 Å². The first-order chi connectivity index (χ1) is 39.2. The Hall–Kier alpha value is -3.08. The highest BCUT2D eigenvalue weighted by molar-refractivity contribution is 7.47. The van der Waals surface area contributed by atoms with E-state index in [4.69, 9.17) is 23.3 Å². The summed E-state index contributed by atoms with van der Waals surface area (Å²) in [5.74, 6) is -1.47. The molecule has 0 aliphatic carbocycles. The largest absolute Gasteiger partial charge is 0.472 e. The van der Waals surface area contributed by atoms with Crippen molar-refractivity contribution in [3.8, 4) is 0 Å². The van der Waals surface area contributed by atoms with Gasteiger partial charge in [-0.1, -0.05) is 241 Å². The number of carbonyl (C=O) groups is 3. The van der Waals surface area contributed by atoms with Crippen molar-refractivity contribution < 1.29 is 52.2 Å². The van der Waals surface area contributed by atoms with Crippen LogP contribution in [0.1, 0.15) is 303 Å². The van der Waals surface area contributed by atoms with Gasteiger partial charge in [0.25, 0.3) is 0 Å². The molecule has 0 spiro atoms. The van der Waals surface area contributed by atoms with Crippen LogP contribution in [0.15, 0.2) is 72.9 Å². The number of aliphatic hydroxyl groups excluding tert-OH is 1. The smallest absolute Gasteiger partial charge is 0.462 e. The second-order valence-electron chi connectivity index (χ2n) is 21.9. The normalized spacial score (nSPS) is 13.7. The molecular formula is C68H121O11P. The fourth-order valence-corrected chi connectivity index (χ4v) is 9.82. The van der Waals surface area contributed by atoms with Crippen molar-refractivity contribution in [2.45, 2.75) is 315 Å². The fraction of sp³-hybridized carbons (Fsp3) is 0.779. The lowest BCUT2D eigenvalue weighted by atomic mass is 10.1. The lowest BCUT2D eigenvalue weighted by Gasteiger charge is -2.21. The van der Waals surface area contributed by atoms with Crippen molar-refractivity contribution in [3.05, 3.63) is 72.9 Å². The first-order valence-electron chi connectivity index (χ1n) is 32.8. The SMILES string of the molecule is CCCCC/C=C\C/C=C\CCCCCCCCCCCC(=O)OC(COC(=O)CCCCCCCCC/C=C\C/C=C\CCCCC)COP(=O)(O)OCC(CO)OC(=O)CCCCCCCCC/C=C\C/C=C\CCCCC. The van der Waals surface area contributed by atoms with Crippen molar-refractivity contribution in [3.63, 3.8) is 0 Å². The Morgan fingerprint density at radius 3 is 0.925 bits per heavy atom. The summed E-state index contributed by atoms with van der Waals surface area (Å²) >= 11 is 0. The predicted molar refractivity (Wildman–Crippen MR) is 335 cm³/mol. The average molecular weight is 1150 g/mol. The van der Waals surface area contributed by atoms with Gasteiger partial charge in [0.1, 0.15) is 12.7 Å². The molecule has 0 bridgehead atoms. The fourth-order valence-electron chi connectivity index (χ4n) is 9.04. The van der Waals surface area contributed by atoms with Crippen molar-refractivity contribution in [1.29, 1.82) is 0 Å². The maximum Gasteiger partial charge on any atom is 0.472 e. The third-order valence-corrected chi connectivity index (χ3v) is 15.0. The van der Waals surface area contributed by atoms with Gasteiger partial charge >= 0.3 is 25.7 Å². The van der Waals surface area contributed by atoms with Crippen LogP contribution in [0.2, 0.25) is 0 Å². The Morgan fingerprint density at radius 2 is 0.613 bits per heavy atom. The third kappa shape index (κ3) is 59.5. The Morgan fingerprint density at radius 1 is 0.350 bits per heavy atom. The molecule has 0 aromatic rings. The lowest BCUT2D eigenvalue weighted by Crippen LogP contribution is -2.30. The lowest BCUT2D eigenvalue weighted by molar-refractivity contribution is -0.161. The molecule has 3 atom stereocenters. The summed E-state index contributed by atoms with van der Waals surface area (Å²) in [6.07, 6.45) is 71.2. The van der Waals surface area contributed by atoms with Gasteiger partial charge in [-0.25, -0.2) is 4.57 Å². The molecule has 0 aromatic carbocycles. The average Bonchev–Trinajstić information content (AvgIpc) is 3.45. The van der Waals surface area contributed by atoms with Gasteiger partial charge in [-0.3, -0.25) is 23.4 Å². The molecule has 464 valence electrons. The minimum atomic E-state index is -4.76. The zero-order valence-electron chi connectivity index (χ0n) is 51.5. The number of hydrogen-bond acceptors (Lipinski definition) is 10. The minimum Gasteiger partial charge on any atom is -0.462 e. The van der Waals surface area contributed by atoms with Crippen molar-refractivity contribution in [2.24, 2.45) is 0 Å². The van der Waals surface area contributed by atoms with E-state index < -0.39 is 57.8 Å². The van der Waals surface area contributed by atoms with Crippen molar-refractivity contribution in [2.75, 3.05) is 26.4 Å². The van der Waals surface area contributed by atoms with Crippen LogP contribution in [0, 0.1) is 0 Å². The number of rotatable bonds is 61. The minimum absolute atomic E-state index is 0.160. The van der Waals surface area contributed by atoms with Crippen LogP contribution in [0.4, 0.5) is 0 Å². The molecule has 3 unspecified atom stereocenters. The Kier molecular flexibility index (Phi) is 59.6. The predicted octanol–water partition coefficient (Wildman–Crippen LogP) is 20.0. The zero-order valence-corrected chi connectivity index (χ0v) is 52.4. The molecule has 0 heterocycles. The van der Waals surface area contributed by atoms with E-state index in [2.05, 4.69) is 93.7 Å². The van der Waals surface area contributed by atoms with Crippen LogP contribution in [-0.2, 0) is 42.2 Å². The molecule has 11 nitrogen and oxygen atoms in total. The van der Waals surface area contributed by atoms with E-state index in [1.165, 1.54) is 141 Å². The van der Waals surface area contributed by atoms with Crippen LogP contribution < -0.4 is 0 Å². The maximum absolute atomic E-state index is 13.0.